The third-order valence-electron chi connectivity index (χ3n) is 4.42. The van der Waals surface area contributed by atoms with Gasteiger partial charge in [0, 0.05) is 13.1 Å². The van der Waals surface area contributed by atoms with Gasteiger partial charge in [-0.2, -0.15) is 0 Å². The summed E-state index contributed by atoms with van der Waals surface area (Å²) in [5.74, 6) is 0.495. The molecule has 2 rings (SSSR count). The normalized spacial score (nSPS) is 16.0. The minimum absolute atomic E-state index is 0.0730. The molecule has 0 unspecified atom stereocenters. The SMILES string of the molecule is CCN(CC(=O)NCC1CCCCC1)Cc1cccc(F)c1. The molecule has 0 aromatic heterocycles. The molecule has 22 heavy (non-hydrogen) atoms. The Labute approximate surface area is 132 Å². The second-order valence-electron chi connectivity index (χ2n) is 6.24. The van der Waals surface area contributed by atoms with Gasteiger partial charge in [0.2, 0.25) is 5.91 Å². The van der Waals surface area contributed by atoms with E-state index in [0.29, 0.717) is 19.0 Å². The van der Waals surface area contributed by atoms with Crippen molar-refractivity contribution in [1.82, 2.24) is 10.2 Å². The van der Waals surface area contributed by atoms with Crippen LogP contribution in [0.5, 0.6) is 0 Å². The van der Waals surface area contributed by atoms with E-state index in [2.05, 4.69) is 5.32 Å². The van der Waals surface area contributed by atoms with Crippen LogP contribution in [0.4, 0.5) is 4.39 Å². The fraction of sp³-hybridized carbons (Fsp3) is 0.611. The fourth-order valence-electron chi connectivity index (χ4n) is 3.08. The van der Waals surface area contributed by atoms with E-state index in [4.69, 9.17) is 0 Å². The third-order valence-corrected chi connectivity index (χ3v) is 4.42. The molecule has 1 aliphatic carbocycles. The number of hydrogen-bond donors (Lipinski definition) is 1. The summed E-state index contributed by atoms with van der Waals surface area (Å²) in [5.41, 5.74) is 0.905. The standard InChI is InChI=1S/C18H27FN2O/c1-2-21(13-16-9-6-10-17(19)11-16)14-18(22)20-12-15-7-4-3-5-8-15/h6,9-11,15H,2-5,7-8,12-14H2,1H3,(H,20,22). The Kier molecular flexibility index (Phi) is 6.84. The van der Waals surface area contributed by atoms with Crippen molar-refractivity contribution >= 4 is 5.91 Å². The van der Waals surface area contributed by atoms with Gasteiger partial charge in [-0.05, 0) is 43.0 Å². The maximum Gasteiger partial charge on any atom is 0.234 e. The van der Waals surface area contributed by atoms with Gasteiger partial charge >= 0.3 is 0 Å². The molecule has 0 heterocycles. The summed E-state index contributed by atoms with van der Waals surface area (Å²) in [5, 5.41) is 3.06. The molecule has 1 N–H and O–H groups in total. The lowest BCUT2D eigenvalue weighted by molar-refractivity contribution is -0.122. The predicted molar refractivity (Wildman–Crippen MR) is 86.9 cm³/mol. The van der Waals surface area contributed by atoms with Gasteiger partial charge in [0.05, 0.1) is 6.54 Å². The number of nitrogens with one attached hydrogen (secondary N) is 1. The molecular formula is C18H27FN2O. The van der Waals surface area contributed by atoms with E-state index in [0.717, 1.165) is 18.7 Å². The van der Waals surface area contributed by atoms with Gasteiger partial charge < -0.3 is 5.32 Å². The highest BCUT2D eigenvalue weighted by Crippen LogP contribution is 2.22. The number of rotatable bonds is 7. The average Bonchev–Trinajstić information content (AvgIpc) is 2.53. The van der Waals surface area contributed by atoms with E-state index in [9.17, 15) is 9.18 Å². The summed E-state index contributed by atoms with van der Waals surface area (Å²) in [4.78, 5) is 14.1. The first-order valence-corrected chi connectivity index (χ1v) is 8.41. The second kappa shape index (κ2) is 8.89. The summed E-state index contributed by atoms with van der Waals surface area (Å²) in [6.45, 7) is 4.57. The number of likely N-dealkylation sites (N-methyl/N-ethyl adjacent to an activating group) is 1. The molecule has 1 saturated carbocycles. The van der Waals surface area contributed by atoms with Crippen LogP contribution in [0, 0.1) is 11.7 Å². The zero-order valence-electron chi connectivity index (χ0n) is 13.5. The van der Waals surface area contributed by atoms with Crippen LogP contribution in [0.3, 0.4) is 0 Å². The van der Waals surface area contributed by atoms with Crippen LogP contribution in [-0.2, 0) is 11.3 Å². The largest absolute Gasteiger partial charge is 0.355 e. The van der Waals surface area contributed by atoms with Gasteiger partial charge in [0.25, 0.3) is 0 Å². The molecule has 4 heteroatoms. The molecule has 0 radical (unpaired) electrons. The second-order valence-corrected chi connectivity index (χ2v) is 6.24. The van der Waals surface area contributed by atoms with E-state index in [1.807, 2.05) is 17.9 Å². The number of amides is 1. The molecule has 0 bridgehead atoms. The van der Waals surface area contributed by atoms with Gasteiger partial charge in [-0.25, -0.2) is 4.39 Å². The van der Waals surface area contributed by atoms with Gasteiger partial charge in [0.1, 0.15) is 5.82 Å². The van der Waals surface area contributed by atoms with Gasteiger partial charge in [0.15, 0.2) is 0 Å². The Morgan fingerprint density at radius 2 is 2.09 bits per heavy atom. The van der Waals surface area contributed by atoms with Crippen molar-refractivity contribution in [3.63, 3.8) is 0 Å². The molecule has 0 saturated heterocycles. The molecule has 3 nitrogen and oxygen atoms in total. The van der Waals surface area contributed by atoms with E-state index in [1.54, 1.807) is 6.07 Å². The van der Waals surface area contributed by atoms with Gasteiger partial charge in [-0.15, -0.1) is 0 Å². The van der Waals surface area contributed by atoms with Crippen molar-refractivity contribution in [2.24, 2.45) is 5.92 Å². The molecule has 1 aliphatic rings. The first kappa shape index (κ1) is 16.9. The molecule has 0 spiro atoms. The lowest BCUT2D eigenvalue weighted by Crippen LogP contribution is -2.39. The Morgan fingerprint density at radius 1 is 1.32 bits per heavy atom. The van der Waals surface area contributed by atoms with Crippen LogP contribution >= 0.6 is 0 Å². The van der Waals surface area contributed by atoms with Crippen LogP contribution in [-0.4, -0.2) is 30.4 Å². The number of nitrogens with zero attached hydrogens (tertiary/aromatic N) is 1. The van der Waals surface area contributed by atoms with Crippen LogP contribution in [0.15, 0.2) is 24.3 Å². The van der Waals surface area contributed by atoms with Crippen LogP contribution in [0.2, 0.25) is 0 Å². The summed E-state index contributed by atoms with van der Waals surface area (Å²) in [7, 11) is 0. The molecule has 0 atom stereocenters. The fourth-order valence-corrected chi connectivity index (χ4v) is 3.08. The van der Waals surface area contributed by atoms with Crippen LogP contribution < -0.4 is 5.32 Å². The molecule has 0 aliphatic heterocycles. The van der Waals surface area contributed by atoms with Crippen molar-refractivity contribution in [2.45, 2.75) is 45.6 Å². The smallest absolute Gasteiger partial charge is 0.234 e. The topological polar surface area (TPSA) is 32.3 Å². The van der Waals surface area contributed by atoms with Gasteiger partial charge in [-0.1, -0.05) is 38.3 Å². The lowest BCUT2D eigenvalue weighted by atomic mass is 9.89. The molecule has 122 valence electrons. The van der Waals surface area contributed by atoms with Gasteiger partial charge in [-0.3, -0.25) is 9.69 Å². The zero-order valence-corrected chi connectivity index (χ0v) is 13.5. The number of hydrogen-bond acceptors (Lipinski definition) is 2. The van der Waals surface area contributed by atoms with Crippen molar-refractivity contribution in [3.05, 3.63) is 35.6 Å². The zero-order chi connectivity index (χ0) is 15.8. The predicted octanol–water partition coefficient (Wildman–Crippen LogP) is 3.34. The monoisotopic (exact) mass is 306 g/mol. The molecule has 1 aromatic rings. The van der Waals surface area contributed by atoms with Crippen molar-refractivity contribution in [2.75, 3.05) is 19.6 Å². The quantitative estimate of drug-likeness (QED) is 0.838. The molecule has 1 amide bonds. The lowest BCUT2D eigenvalue weighted by Gasteiger charge is -2.23. The summed E-state index contributed by atoms with van der Waals surface area (Å²) in [6, 6.07) is 6.58. The van der Waals surface area contributed by atoms with Crippen molar-refractivity contribution in [3.8, 4) is 0 Å². The Morgan fingerprint density at radius 3 is 2.77 bits per heavy atom. The maximum absolute atomic E-state index is 13.2. The van der Waals surface area contributed by atoms with E-state index < -0.39 is 0 Å². The van der Waals surface area contributed by atoms with Crippen LogP contribution in [0.25, 0.3) is 0 Å². The third kappa shape index (κ3) is 5.76. The highest BCUT2D eigenvalue weighted by molar-refractivity contribution is 5.78. The first-order valence-electron chi connectivity index (χ1n) is 8.41. The number of carbonyl (C=O) groups is 1. The maximum atomic E-state index is 13.2. The highest BCUT2D eigenvalue weighted by Gasteiger charge is 2.15. The first-order chi connectivity index (χ1) is 10.7. The van der Waals surface area contributed by atoms with Crippen molar-refractivity contribution in [1.29, 1.82) is 0 Å². The Hall–Kier alpha value is -1.42. The van der Waals surface area contributed by atoms with E-state index in [-0.39, 0.29) is 11.7 Å². The number of halogens is 1. The number of benzene rings is 1. The molecule has 1 fully saturated rings. The minimum Gasteiger partial charge on any atom is -0.355 e. The molecule has 1 aromatic carbocycles. The molecular weight excluding hydrogens is 279 g/mol. The minimum atomic E-state index is -0.227. The number of carbonyl (C=O) groups excluding carboxylic acids is 1. The van der Waals surface area contributed by atoms with Crippen molar-refractivity contribution < 1.29 is 9.18 Å². The summed E-state index contributed by atoms with van der Waals surface area (Å²) < 4.78 is 13.2. The van der Waals surface area contributed by atoms with E-state index >= 15 is 0 Å². The van der Waals surface area contributed by atoms with Crippen LogP contribution in [0.1, 0.15) is 44.6 Å². The Bertz CT molecular complexity index is 472. The average molecular weight is 306 g/mol. The highest BCUT2D eigenvalue weighted by atomic mass is 19.1. The summed E-state index contributed by atoms with van der Waals surface area (Å²) in [6.07, 6.45) is 6.40. The Balaban J connectivity index is 1.75. The summed E-state index contributed by atoms with van der Waals surface area (Å²) >= 11 is 0. The van der Waals surface area contributed by atoms with E-state index in [1.165, 1.54) is 44.2 Å².